The number of aryl methyl sites for hydroxylation is 1. The van der Waals surface area contributed by atoms with Gasteiger partial charge in [-0.3, -0.25) is 0 Å². The first-order chi connectivity index (χ1) is 8.38. The lowest BCUT2D eigenvalue weighted by molar-refractivity contribution is 0.364. The van der Waals surface area contributed by atoms with Crippen LogP contribution in [0.4, 0.5) is 5.88 Å². The lowest BCUT2D eigenvalue weighted by Crippen LogP contribution is -2.23. The van der Waals surface area contributed by atoms with E-state index in [0.29, 0.717) is 11.5 Å². The van der Waals surface area contributed by atoms with Gasteiger partial charge in [-0.15, -0.1) is 0 Å². The number of hydrogen-bond donors (Lipinski definition) is 1. The molecule has 6 heteroatoms. The average Bonchev–Trinajstić information content (AvgIpc) is 2.79. The summed E-state index contributed by atoms with van der Waals surface area (Å²) in [5, 5.41) is 10.1. The highest BCUT2D eigenvalue weighted by molar-refractivity contribution is 5.95. The van der Waals surface area contributed by atoms with Crippen molar-refractivity contribution in [1.82, 2.24) is 19.9 Å². The van der Waals surface area contributed by atoms with E-state index in [1.165, 1.54) is 0 Å². The molecule has 94 valence electrons. The van der Waals surface area contributed by atoms with E-state index in [1.54, 1.807) is 0 Å². The Kier molecular flexibility index (Phi) is 1.97. The zero-order chi connectivity index (χ0) is 13.1. The summed E-state index contributed by atoms with van der Waals surface area (Å²) in [5.74, 6) is 0.294. The summed E-state index contributed by atoms with van der Waals surface area (Å²) >= 11 is 0. The molecular weight excluding hydrogens is 230 g/mol. The van der Waals surface area contributed by atoms with Gasteiger partial charge in [0.1, 0.15) is 0 Å². The monoisotopic (exact) mass is 245 g/mol. The van der Waals surface area contributed by atoms with Crippen LogP contribution < -0.4 is 5.73 Å². The number of nitrogens with two attached hydrogens (primary N) is 1. The van der Waals surface area contributed by atoms with Gasteiger partial charge in [0, 0.05) is 5.39 Å². The first-order valence-corrected chi connectivity index (χ1v) is 5.79. The Morgan fingerprint density at radius 2 is 2.00 bits per heavy atom. The minimum Gasteiger partial charge on any atom is -0.367 e. The van der Waals surface area contributed by atoms with Crippen molar-refractivity contribution in [3.8, 4) is 0 Å². The summed E-state index contributed by atoms with van der Waals surface area (Å²) in [6.45, 7) is 8.22. The highest BCUT2D eigenvalue weighted by Crippen LogP contribution is 2.28. The SMILES string of the molecule is Cc1nn(C(C)(C)C)c2nc3noc(N)c3cc12. The van der Waals surface area contributed by atoms with Crippen molar-refractivity contribution in [2.75, 3.05) is 5.73 Å². The third-order valence-corrected chi connectivity index (χ3v) is 2.95. The molecule has 3 aromatic rings. The second-order valence-electron chi connectivity index (χ2n) is 5.45. The van der Waals surface area contributed by atoms with Crippen LogP contribution in [0.25, 0.3) is 22.1 Å². The normalized spacial score (nSPS) is 12.7. The van der Waals surface area contributed by atoms with Crippen molar-refractivity contribution in [3.05, 3.63) is 11.8 Å². The fourth-order valence-corrected chi connectivity index (χ4v) is 2.03. The predicted octanol–water partition coefficient (Wildman–Crippen LogP) is 2.22. The van der Waals surface area contributed by atoms with Crippen LogP contribution in [-0.4, -0.2) is 19.9 Å². The van der Waals surface area contributed by atoms with Gasteiger partial charge in [-0.05, 0) is 33.8 Å². The molecule has 0 unspecified atom stereocenters. The largest absolute Gasteiger partial charge is 0.367 e. The standard InChI is InChI=1S/C12H15N5O/c1-6-7-5-8-9(13)18-16-10(8)14-11(7)17(15-6)12(2,3)4/h5H,13H2,1-4H3. The molecule has 0 aliphatic rings. The summed E-state index contributed by atoms with van der Waals surface area (Å²) in [7, 11) is 0. The van der Waals surface area contributed by atoms with E-state index in [1.807, 2.05) is 17.7 Å². The molecular formula is C12H15N5O. The highest BCUT2D eigenvalue weighted by Gasteiger charge is 2.21. The van der Waals surface area contributed by atoms with E-state index in [0.717, 1.165) is 22.1 Å². The van der Waals surface area contributed by atoms with Crippen LogP contribution in [0.1, 0.15) is 26.5 Å². The fraction of sp³-hybridized carbons (Fsp3) is 0.417. The van der Waals surface area contributed by atoms with Gasteiger partial charge >= 0.3 is 0 Å². The molecule has 0 bridgehead atoms. The second kappa shape index (κ2) is 3.22. The maximum atomic E-state index is 5.71. The quantitative estimate of drug-likeness (QED) is 0.656. The summed E-state index contributed by atoms with van der Waals surface area (Å²) in [4.78, 5) is 4.50. The molecule has 0 spiro atoms. The smallest absolute Gasteiger partial charge is 0.231 e. The molecule has 3 aromatic heterocycles. The zero-order valence-electron chi connectivity index (χ0n) is 10.9. The predicted molar refractivity (Wildman–Crippen MR) is 69.2 cm³/mol. The fourth-order valence-electron chi connectivity index (χ4n) is 2.03. The topological polar surface area (TPSA) is 82.8 Å². The second-order valence-corrected chi connectivity index (χ2v) is 5.45. The zero-order valence-corrected chi connectivity index (χ0v) is 10.9. The molecule has 3 rings (SSSR count). The van der Waals surface area contributed by atoms with E-state index in [-0.39, 0.29) is 5.54 Å². The van der Waals surface area contributed by atoms with Crippen molar-refractivity contribution in [1.29, 1.82) is 0 Å². The molecule has 0 aliphatic carbocycles. The Morgan fingerprint density at radius 1 is 1.28 bits per heavy atom. The molecule has 6 nitrogen and oxygen atoms in total. The Hall–Kier alpha value is -2.11. The molecule has 2 N–H and O–H groups in total. The van der Waals surface area contributed by atoms with Crippen LogP contribution in [0.3, 0.4) is 0 Å². The molecule has 0 saturated carbocycles. The Labute approximate surface area is 104 Å². The van der Waals surface area contributed by atoms with Gasteiger partial charge in [0.05, 0.1) is 16.6 Å². The van der Waals surface area contributed by atoms with Crippen molar-refractivity contribution in [2.24, 2.45) is 0 Å². The van der Waals surface area contributed by atoms with Gasteiger partial charge in [0.2, 0.25) is 11.5 Å². The lowest BCUT2D eigenvalue weighted by Gasteiger charge is -2.19. The third-order valence-electron chi connectivity index (χ3n) is 2.95. The first kappa shape index (κ1) is 11.0. The molecule has 3 heterocycles. The molecule has 18 heavy (non-hydrogen) atoms. The van der Waals surface area contributed by atoms with Gasteiger partial charge in [-0.1, -0.05) is 5.16 Å². The number of nitrogen functional groups attached to an aromatic ring is 1. The number of rotatable bonds is 0. The van der Waals surface area contributed by atoms with Gasteiger partial charge in [-0.25, -0.2) is 9.67 Å². The van der Waals surface area contributed by atoms with E-state index in [4.69, 9.17) is 10.3 Å². The average molecular weight is 245 g/mol. The van der Waals surface area contributed by atoms with Crippen LogP contribution >= 0.6 is 0 Å². The van der Waals surface area contributed by atoms with Crippen molar-refractivity contribution in [2.45, 2.75) is 33.2 Å². The number of hydrogen-bond acceptors (Lipinski definition) is 5. The molecule has 0 amide bonds. The maximum absolute atomic E-state index is 5.71. The van der Waals surface area contributed by atoms with E-state index >= 15 is 0 Å². The Morgan fingerprint density at radius 3 is 2.67 bits per heavy atom. The van der Waals surface area contributed by atoms with E-state index in [9.17, 15) is 0 Å². The number of aromatic nitrogens is 4. The van der Waals surface area contributed by atoms with Gasteiger partial charge in [0.25, 0.3) is 0 Å². The van der Waals surface area contributed by atoms with Gasteiger partial charge < -0.3 is 10.3 Å². The molecule has 0 aliphatic heterocycles. The molecule has 0 radical (unpaired) electrons. The summed E-state index contributed by atoms with van der Waals surface area (Å²) in [6.07, 6.45) is 0. The lowest BCUT2D eigenvalue weighted by atomic mass is 10.1. The number of anilines is 1. The third kappa shape index (κ3) is 1.38. The van der Waals surface area contributed by atoms with Crippen LogP contribution in [0.2, 0.25) is 0 Å². The molecule has 0 fully saturated rings. The first-order valence-electron chi connectivity index (χ1n) is 5.79. The number of pyridine rings is 1. The highest BCUT2D eigenvalue weighted by atomic mass is 16.5. The summed E-state index contributed by atoms with van der Waals surface area (Å²) in [5.41, 5.74) is 7.83. The summed E-state index contributed by atoms with van der Waals surface area (Å²) < 4.78 is 6.86. The van der Waals surface area contributed by atoms with Crippen LogP contribution in [0, 0.1) is 6.92 Å². The maximum Gasteiger partial charge on any atom is 0.231 e. The van der Waals surface area contributed by atoms with E-state index < -0.39 is 0 Å². The number of nitrogens with zero attached hydrogens (tertiary/aromatic N) is 4. The number of fused-ring (bicyclic) bond motifs is 2. The van der Waals surface area contributed by atoms with Crippen molar-refractivity contribution < 1.29 is 4.52 Å². The Bertz CT molecular complexity index is 747. The molecule has 0 saturated heterocycles. The summed E-state index contributed by atoms with van der Waals surface area (Å²) in [6, 6.07) is 1.94. The Balaban J connectivity index is 2.46. The van der Waals surface area contributed by atoms with Crippen LogP contribution in [0.5, 0.6) is 0 Å². The van der Waals surface area contributed by atoms with Crippen molar-refractivity contribution in [3.63, 3.8) is 0 Å². The minimum absolute atomic E-state index is 0.136. The van der Waals surface area contributed by atoms with Gasteiger partial charge in [-0.2, -0.15) is 5.10 Å². The van der Waals surface area contributed by atoms with Crippen LogP contribution in [-0.2, 0) is 5.54 Å². The molecule has 0 atom stereocenters. The van der Waals surface area contributed by atoms with Gasteiger partial charge in [0.15, 0.2) is 5.65 Å². The van der Waals surface area contributed by atoms with Crippen LogP contribution in [0.15, 0.2) is 10.6 Å². The molecule has 0 aromatic carbocycles. The van der Waals surface area contributed by atoms with Crippen molar-refractivity contribution >= 4 is 28.0 Å². The van der Waals surface area contributed by atoms with E-state index in [2.05, 4.69) is 36.0 Å². The minimum atomic E-state index is -0.136.